The van der Waals surface area contributed by atoms with Gasteiger partial charge in [-0.15, -0.1) is 0 Å². The van der Waals surface area contributed by atoms with Gasteiger partial charge in [0.2, 0.25) is 0 Å². The molecule has 210 valence electrons. The SMILES string of the molecule is COc1ccc(-c2ccc(C=O)cc2C)cc1-c1ccc(C(F)(F)F)cc1CN1C(=O)OCC1Cc1ccccc1. The summed E-state index contributed by atoms with van der Waals surface area (Å²) in [4.78, 5) is 25.5. The van der Waals surface area contributed by atoms with Gasteiger partial charge in [0.25, 0.3) is 0 Å². The Labute approximate surface area is 236 Å². The normalized spacial score (nSPS) is 15.1. The molecule has 1 amide bonds. The van der Waals surface area contributed by atoms with Crippen molar-refractivity contribution >= 4 is 12.4 Å². The molecule has 1 unspecified atom stereocenters. The highest BCUT2D eigenvalue weighted by Crippen LogP contribution is 2.40. The number of rotatable bonds is 8. The number of benzene rings is 4. The fourth-order valence-electron chi connectivity index (χ4n) is 5.26. The van der Waals surface area contributed by atoms with E-state index in [1.807, 2.05) is 55.5 Å². The largest absolute Gasteiger partial charge is 0.496 e. The molecule has 41 heavy (non-hydrogen) atoms. The van der Waals surface area contributed by atoms with Crippen LogP contribution in [0.15, 0.2) is 84.9 Å². The van der Waals surface area contributed by atoms with Crippen LogP contribution in [-0.4, -0.2) is 37.0 Å². The average Bonchev–Trinajstić information content (AvgIpc) is 3.30. The van der Waals surface area contributed by atoms with Crippen LogP contribution in [0.5, 0.6) is 5.75 Å². The molecule has 8 heteroatoms. The summed E-state index contributed by atoms with van der Waals surface area (Å²) in [6.45, 7) is 1.97. The topological polar surface area (TPSA) is 55.8 Å². The van der Waals surface area contributed by atoms with Gasteiger partial charge in [-0.1, -0.05) is 54.6 Å². The lowest BCUT2D eigenvalue weighted by Crippen LogP contribution is -2.34. The number of hydrogen-bond donors (Lipinski definition) is 0. The number of hydrogen-bond acceptors (Lipinski definition) is 4. The van der Waals surface area contributed by atoms with Crippen molar-refractivity contribution in [2.45, 2.75) is 32.1 Å². The Morgan fingerprint density at radius 1 is 0.951 bits per heavy atom. The Hall–Kier alpha value is -4.59. The fraction of sp³-hybridized carbons (Fsp3) is 0.212. The van der Waals surface area contributed by atoms with E-state index < -0.39 is 17.8 Å². The summed E-state index contributed by atoms with van der Waals surface area (Å²) >= 11 is 0. The molecule has 0 aliphatic carbocycles. The molecule has 0 bridgehead atoms. The first-order chi connectivity index (χ1) is 19.7. The van der Waals surface area contributed by atoms with Crippen LogP contribution in [0.2, 0.25) is 0 Å². The smallest absolute Gasteiger partial charge is 0.416 e. The highest BCUT2D eigenvalue weighted by molar-refractivity contribution is 5.83. The lowest BCUT2D eigenvalue weighted by atomic mass is 9.91. The second kappa shape index (κ2) is 11.5. The molecule has 1 saturated heterocycles. The highest BCUT2D eigenvalue weighted by Gasteiger charge is 2.35. The van der Waals surface area contributed by atoms with E-state index in [1.54, 1.807) is 18.2 Å². The molecule has 0 radical (unpaired) electrons. The third kappa shape index (κ3) is 5.96. The molecular weight excluding hydrogens is 531 g/mol. The van der Waals surface area contributed by atoms with Gasteiger partial charge in [0.1, 0.15) is 18.6 Å². The molecule has 4 aromatic carbocycles. The van der Waals surface area contributed by atoms with E-state index in [4.69, 9.17) is 9.47 Å². The van der Waals surface area contributed by atoms with Crippen molar-refractivity contribution in [2.75, 3.05) is 13.7 Å². The first kappa shape index (κ1) is 28.0. The summed E-state index contributed by atoms with van der Waals surface area (Å²) in [7, 11) is 1.50. The predicted octanol–water partition coefficient (Wildman–Crippen LogP) is 7.73. The zero-order valence-electron chi connectivity index (χ0n) is 22.6. The summed E-state index contributed by atoms with van der Waals surface area (Å²) < 4.78 is 52.5. The van der Waals surface area contributed by atoms with E-state index >= 15 is 0 Å². The minimum absolute atomic E-state index is 0.0734. The molecule has 0 aromatic heterocycles. The summed E-state index contributed by atoms with van der Waals surface area (Å²) in [5.74, 6) is 0.474. The highest BCUT2D eigenvalue weighted by atomic mass is 19.4. The van der Waals surface area contributed by atoms with Crippen LogP contribution in [-0.2, 0) is 23.9 Å². The van der Waals surface area contributed by atoms with Gasteiger partial charge in [0.05, 0.1) is 25.3 Å². The van der Waals surface area contributed by atoms with Crippen LogP contribution in [0.25, 0.3) is 22.3 Å². The van der Waals surface area contributed by atoms with Gasteiger partial charge in [-0.05, 0) is 77.1 Å². The van der Waals surface area contributed by atoms with Gasteiger partial charge < -0.3 is 9.47 Å². The van der Waals surface area contributed by atoms with Crippen LogP contribution in [0.3, 0.4) is 0 Å². The predicted molar refractivity (Wildman–Crippen MR) is 150 cm³/mol. The Morgan fingerprint density at radius 3 is 2.39 bits per heavy atom. The maximum atomic E-state index is 13.8. The van der Waals surface area contributed by atoms with Crippen molar-refractivity contribution in [2.24, 2.45) is 0 Å². The number of halogens is 3. The lowest BCUT2D eigenvalue weighted by molar-refractivity contribution is -0.137. The summed E-state index contributed by atoms with van der Waals surface area (Å²) in [6, 6.07) is 23.6. The van der Waals surface area contributed by atoms with Crippen LogP contribution < -0.4 is 4.74 Å². The molecule has 1 atom stereocenters. The van der Waals surface area contributed by atoms with E-state index in [2.05, 4.69) is 0 Å². The van der Waals surface area contributed by atoms with Crippen LogP contribution >= 0.6 is 0 Å². The number of nitrogens with zero attached hydrogens (tertiary/aromatic N) is 1. The Balaban J connectivity index is 1.59. The average molecular weight is 560 g/mol. The molecule has 5 rings (SSSR count). The number of alkyl halides is 3. The Kier molecular flexibility index (Phi) is 7.83. The van der Waals surface area contributed by atoms with E-state index in [-0.39, 0.29) is 19.2 Å². The van der Waals surface area contributed by atoms with E-state index in [0.717, 1.165) is 40.7 Å². The minimum atomic E-state index is -4.56. The first-order valence-electron chi connectivity index (χ1n) is 13.1. The first-order valence-corrected chi connectivity index (χ1v) is 13.1. The van der Waals surface area contributed by atoms with Crippen molar-refractivity contribution in [3.63, 3.8) is 0 Å². The maximum absolute atomic E-state index is 13.8. The van der Waals surface area contributed by atoms with Gasteiger partial charge in [-0.2, -0.15) is 13.2 Å². The second-order valence-electron chi connectivity index (χ2n) is 10.0. The molecule has 1 heterocycles. The molecule has 5 nitrogen and oxygen atoms in total. The van der Waals surface area contributed by atoms with Crippen molar-refractivity contribution in [1.29, 1.82) is 0 Å². The van der Waals surface area contributed by atoms with Crippen LogP contribution in [0.1, 0.15) is 32.6 Å². The maximum Gasteiger partial charge on any atom is 0.416 e. The molecule has 0 spiro atoms. The van der Waals surface area contributed by atoms with Gasteiger partial charge in [0, 0.05) is 11.1 Å². The number of aldehydes is 1. The van der Waals surface area contributed by atoms with Gasteiger partial charge in [-0.3, -0.25) is 9.69 Å². The quantitative estimate of drug-likeness (QED) is 0.207. The second-order valence-corrected chi connectivity index (χ2v) is 10.0. The fourth-order valence-corrected chi connectivity index (χ4v) is 5.26. The Bertz CT molecular complexity index is 1580. The minimum Gasteiger partial charge on any atom is -0.496 e. The van der Waals surface area contributed by atoms with Gasteiger partial charge in [-0.25, -0.2) is 4.79 Å². The van der Waals surface area contributed by atoms with E-state index in [1.165, 1.54) is 18.1 Å². The summed E-state index contributed by atoms with van der Waals surface area (Å²) in [5, 5.41) is 0. The molecule has 0 N–H and O–H groups in total. The molecule has 1 aliphatic rings. The standard InChI is InChI=1S/C33H28F3NO4/c1-21-14-23(19-38)8-11-28(21)24-9-13-31(40-2)30(17-24)29-12-10-26(33(34,35)36)16-25(29)18-37-27(20-41-32(37)39)15-22-6-4-3-5-7-22/h3-14,16-17,19,27H,15,18,20H2,1-2H3. The van der Waals surface area contributed by atoms with Crippen molar-refractivity contribution < 1.29 is 32.2 Å². The van der Waals surface area contributed by atoms with Crippen LogP contribution in [0, 0.1) is 6.92 Å². The zero-order chi connectivity index (χ0) is 29.1. The lowest BCUT2D eigenvalue weighted by Gasteiger charge is -2.24. The van der Waals surface area contributed by atoms with Crippen molar-refractivity contribution in [3.05, 3.63) is 113 Å². The molecule has 0 saturated carbocycles. The number of methoxy groups -OCH3 is 1. The van der Waals surface area contributed by atoms with Crippen LogP contribution in [0.4, 0.5) is 18.0 Å². The number of amides is 1. The van der Waals surface area contributed by atoms with E-state index in [9.17, 15) is 22.8 Å². The molecule has 1 aliphatic heterocycles. The molecule has 1 fully saturated rings. The number of aryl methyl sites for hydroxylation is 1. The monoisotopic (exact) mass is 559 g/mol. The zero-order valence-corrected chi connectivity index (χ0v) is 22.6. The molecular formula is C33H28F3NO4. The van der Waals surface area contributed by atoms with E-state index in [0.29, 0.717) is 34.4 Å². The Morgan fingerprint density at radius 2 is 1.71 bits per heavy atom. The number of ether oxygens (including phenoxy) is 2. The van der Waals surface area contributed by atoms with Gasteiger partial charge >= 0.3 is 12.3 Å². The van der Waals surface area contributed by atoms with Gasteiger partial charge in [0.15, 0.2) is 0 Å². The number of cyclic esters (lactones) is 1. The summed E-state index contributed by atoms with van der Waals surface area (Å²) in [5.41, 5.74) is 4.71. The third-order valence-electron chi connectivity index (χ3n) is 7.35. The molecule has 4 aromatic rings. The van der Waals surface area contributed by atoms with Crippen molar-refractivity contribution in [1.82, 2.24) is 4.90 Å². The number of carbonyl (C=O) groups is 2. The third-order valence-corrected chi connectivity index (χ3v) is 7.35. The summed E-state index contributed by atoms with van der Waals surface area (Å²) in [6.07, 6.45) is -3.85. The number of carbonyl (C=O) groups excluding carboxylic acids is 2. The van der Waals surface area contributed by atoms with Crippen molar-refractivity contribution in [3.8, 4) is 28.0 Å².